The zero-order valence-corrected chi connectivity index (χ0v) is 7.95. The Hall–Kier alpha value is -1.26. The standard InChI is InChI=1S/C9H14N2O3/c12-7(13)9(2-1-3-9)6-11-5-4-10-8(11)14/h1-6H2,(H,10,14)(H,12,13). The van der Waals surface area contributed by atoms with Crippen LogP contribution >= 0.6 is 0 Å². The minimum absolute atomic E-state index is 0.127. The van der Waals surface area contributed by atoms with Crippen LogP contribution < -0.4 is 5.32 Å². The molecule has 0 spiro atoms. The lowest BCUT2D eigenvalue weighted by molar-refractivity contribution is -0.155. The molecule has 2 aliphatic rings. The summed E-state index contributed by atoms with van der Waals surface area (Å²) in [6.45, 7) is 1.64. The molecule has 0 radical (unpaired) electrons. The SMILES string of the molecule is O=C1NCCN1CC1(C(=O)O)CCC1. The maximum Gasteiger partial charge on any atom is 0.317 e. The summed E-state index contributed by atoms with van der Waals surface area (Å²) in [6.07, 6.45) is 2.36. The first kappa shape index (κ1) is 9.30. The van der Waals surface area contributed by atoms with Crippen molar-refractivity contribution in [2.75, 3.05) is 19.6 Å². The summed E-state index contributed by atoms with van der Waals surface area (Å²) in [6, 6.07) is -0.127. The zero-order chi connectivity index (χ0) is 10.2. The Balaban J connectivity index is 2.01. The van der Waals surface area contributed by atoms with E-state index >= 15 is 0 Å². The van der Waals surface area contributed by atoms with Crippen molar-refractivity contribution in [2.45, 2.75) is 19.3 Å². The summed E-state index contributed by atoms with van der Waals surface area (Å²) in [5.41, 5.74) is -0.651. The molecule has 1 aliphatic carbocycles. The minimum Gasteiger partial charge on any atom is -0.481 e. The fourth-order valence-corrected chi connectivity index (χ4v) is 2.07. The van der Waals surface area contributed by atoms with Gasteiger partial charge < -0.3 is 15.3 Å². The smallest absolute Gasteiger partial charge is 0.317 e. The van der Waals surface area contributed by atoms with E-state index in [0.717, 1.165) is 6.42 Å². The molecular formula is C9H14N2O3. The van der Waals surface area contributed by atoms with Gasteiger partial charge in [0.2, 0.25) is 0 Å². The first-order chi connectivity index (χ1) is 6.64. The van der Waals surface area contributed by atoms with Crippen molar-refractivity contribution < 1.29 is 14.7 Å². The van der Waals surface area contributed by atoms with Crippen LogP contribution in [0.1, 0.15) is 19.3 Å². The lowest BCUT2D eigenvalue weighted by Gasteiger charge is -2.39. The van der Waals surface area contributed by atoms with E-state index in [2.05, 4.69) is 5.32 Å². The second-order valence-electron chi connectivity index (χ2n) is 4.09. The van der Waals surface area contributed by atoms with Crippen molar-refractivity contribution in [3.63, 3.8) is 0 Å². The van der Waals surface area contributed by atoms with Crippen LogP contribution in [0.3, 0.4) is 0 Å². The molecule has 0 bridgehead atoms. The van der Waals surface area contributed by atoms with Gasteiger partial charge in [0.05, 0.1) is 5.41 Å². The van der Waals surface area contributed by atoms with Crippen LogP contribution in [0.15, 0.2) is 0 Å². The summed E-state index contributed by atoms with van der Waals surface area (Å²) < 4.78 is 0. The highest BCUT2D eigenvalue weighted by Gasteiger charge is 2.46. The third kappa shape index (κ3) is 1.32. The number of hydrogen-bond donors (Lipinski definition) is 2. The molecule has 0 atom stereocenters. The van der Waals surface area contributed by atoms with Gasteiger partial charge in [0, 0.05) is 19.6 Å². The summed E-state index contributed by atoms with van der Waals surface area (Å²) in [5, 5.41) is 11.7. The Morgan fingerprint density at radius 3 is 2.64 bits per heavy atom. The van der Waals surface area contributed by atoms with Crippen LogP contribution in [0.25, 0.3) is 0 Å². The molecule has 0 unspecified atom stereocenters. The predicted molar refractivity (Wildman–Crippen MR) is 48.9 cm³/mol. The number of rotatable bonds is 3. The maximum absolute atomic E-state index is 11.2. The van der Waals surface area contributed by atoms with Crippen LogP contribution in [0, 0.1) is 5.41 Å². The molecule has 14 heavy (non-hydrogen) atoms. The van der Waals surface area contributed by atoms with E-state index in [-0.39, 0.29) is 6.03 Å². The Bertz CT molecular complexity index is 273. The van der Waals surface area contributed by atoms with Gasteiger partial charge in [-0.15, -0.1) is 0 Å². The van der Waals surface area contributed by atoms with Crippen LogP contribution in [-0.4, -0.2) is 41.6 Å². The Kier molecular flexibility index (Phi) is 2.09. The number of nitrogens with zero attached hydrogens (tertiary/aromatic N) is 1. The molecule has 1 saturated heterocycles. The van der Waals surface area contributed by atoms with Crippen molar-refractivity contribution in [3.05, 3.63) is 0 Å². The van der Waals surface area contributed by atoms with E-state index in [4.69, 9.17) is 5.11 Å². The van der Waals surface area contributed by atoms with Gasteiger partial charge in [0.25, 0.3) is 0 Å². The number of nitrogens with one attached hydrogen (secondary N) is 1. The highest BCUT2D eigenvalue weighted by atomic mass is 16.4. The first-order valence-corrected chi connectivity index (χ1v) is 4.90. The zero-order valence-electron chi connectivity index (χ0n) is 7.95. The number of urea groups is 1. The fraction of sp³-hybridized carbons (Fsp3) is 0.778. The number of carbonyl (C=O) groups excluding carboxylic acids is 1. The molecular weight excluding hydrogens is 184 g/mol. The van der Waals surface area contributed by atoms with Crippen molar-refractivity contribution in [3.8, 4) is 0 Å². The molecule has 1 aliphatic heterocycles. The van der Waals surface area contributed by atoms with Gasteiger partial charge >= 0.3 is 12.0 Å². The lowest BCUT2D eigenvalue weighted by Crippen LogP contribution is -2.48. The summed E-state index contributed by atoms with van der Waals surface area (Å²) >= 11 is 0. The molecule has 5 nitrogen and oxygen atoms in total. The molecule has 2 N–H and O–H groups in total. The van der Waals surface area contributed by atoms with E-state index < -0.39 is 11.4 Å². The number of aliphatic carboxylic acids is 1. The highest BCUT2D eigenvalue weighted by Crippen LogP contribution is 2.41. The molecule has 2 amide bonds. The van der Waals surface area contributed by atoms with Gasteiger partial charge in [-0.3, -0.25) is 4.79 Å². The van der Waals surface area contributed by atoms with E-state index in [1.807, 2.05) is 0 Å². The summed E-state index contributed by atoms with van der Waals surface area (Å²) in [5.74, 6) is -0.761. The second-order valence-corrected chi connectivity index (χ2v) is 4.09. The fourth-order valence-electron chi connectivity index (χ4n) is 2.07. The van der Waals surface area contributed by atoms with Gasteiger partial charge in [-0.05, 0) is 12.8 Å². The molecule has 1 heterocycles. The third-order valence-electron chi connectivity index (χ3n) is 3.20. The molecule has 0 aromatic rings. The van der Waals surface area contributed by atoms with E-state index in [1.165, 1.54) is 0 Å². The van der Waals surface area contributed by atoms with Crippen LogP contribution in [-0.2, 0) is 4.79 Å². The van der Waals surface area contributed by atoms with Gasteiger partial charge in [-0.2, -0.15) is 0 Å². The van der Waals surface area contributed by atoms with Crippen LogP contribution in [0.4, 0.5) is 4.79 Å². The number of carbonyl (C=O) groups is 2. The normalized spacial score (nSPS) is 24.3. The van der Waals surface area contributed by atoms with Gasteiger partial charge in [0.15, 0.2) is 0 Å². The average Bonchev–Trinajstić information content (AvgIpc) is 2.43. The third-order valence-corrected chi connectivity index (χ3v) is 3.20. The molecule has 2 fully saturated rings. The number of carboxylic acids is 1. The summed E-state index contributed by atoms with van der Waals surface area (Å²) in [4.78, 5) is 23.9. The van der Waals surface area contributed by atoms with E-state index in [1.54, 1.807) is 4.90 Å². The average molecular weight is 198 g/mol. The molecule has 2 rings (SSSR count). The second kappa shape index (κ2) is 3.15. The van der Waals surface area contributed by atoms with Gasteiger partial charge in [0.1, 0.15) is 0 Å². The molecule has 5 heteroatoms. The monoisotopic (exact) mass is 198 g/mol. The Morgan fingerprint density at radius 2 is 2.29 bits per heavy atom. The van der Waals surface area contributed by atoms with Crippen molar-refractivity contribution in [1.29, 1.82) is 0 Å². The molecule has 0 aromatic carbocycles. The summed E-state index contributed by atoms with van der Waals surface area (Å²) in [7, 11) is 0. The van der Waals surface area contributed by atoms with Gasteiger partial charge in [-0.25, -0.2) is 4.79 Å². The van der Waals surface area contributed by atoms with Crippen LogP contribution in [0.5, 0.6) is 0 Å². The largest absolute Gasteiger partial charge is 0.481 e. The number of hydrogen-bond acceptors (Lipinski definition) is 2. The first-order valence-electron chi connectivity index (χ1n) is 4.90. The van der Waals surface area contributed by atoms with Crippen molar-refractivity contribution in [2.24, 2.45) is 5.41 Å². The Labute approximate surface area is 82.1 Å². The van der Waals surface area contributed by atoms with Crippen molar-refractivity contribution in [1.82, 2.24) is 10.2 Å². The van der Waals surface area contributed by atoms with Crippen LogP contribution in [0.2, 0.25) is 0 Å². The van der Waals surface area contributed by atoms with E-state index in [0.29, 0.717) is 32.5 Å². The molecule has 0 aromatic heterocycles. The molecule has 1 saturated carbocycles. The van der Waals surface area contributed by atoms with Gasteiger partial charge in [-0.1, -0.05) is 6.42 Å². The highest BCUT2D eigenvalue weighted by molar-refractivity contribution is 5.79. The topological polar surface area (TPSA) is 69.6 Å². The number of carboxylic acid groups (broad SMARTS) is 1. The quantitative estimate of drug-likeness (QED) is 0.683. The molecule has 78 valence electrons. The Morgan fingerprint density at radius 1 is 1.57 bits per heavy atom. The van der Waals surface area contributed by atoms with Crippen molar-refractivity contribution >= 4 is 12.0 Å². The van der Waals surface area contributed by atoms with E-state index in [9.17, 15) is 9.59 Å². The maximum atomic E-state index is 11.2. The predicted octanol–water partition coefficient (Wildman–Crippen LogP) is 0.266. The lowest BCUT2D eigenvalue weighted by atomic mass is 9.68. The number of amides is 2. The minimum atomic E-state index is -0.761.